The number of hydrogen-bond acceptors (Lipinski definition) is 10. The molecule has 0 spiro atoms. The van der Waals surface area contributed by atoms with E-state index in [1.54, 1.807) is 0 Å². The summed E-state index contributed by atoms with van der Waals surface area (Å²) < 4.78 is 22.1. The molecule has 0 saturated carbocycles. The summed E-state index contributed by atoms with van der Waals surface area (Å²) in [6, 6.07) is 0. The Labute approximate surface area is 339 Å². The van der Waals surface area contributed by atoms with Gasteiger partial charge in [0.2, 0.25) is 0 Å². The number of carbonyl (C=O) groups excluding carboxylic acids is 2. The second kappa shape index (κ2) is 37.0. The Kier molecular flexibility index (Phi) is 34.1. The van der Waals surface area contributed by atoms with Gasteiger partial charge in [0.1, 0.15) is 31.0 Å². The van der Waals surface area contributed by atoms with Gasteiger partial charge in [-0.1, -0.05) is 178 Å². The molecular weight excluding hydrogens is 712 g/mol. The number of unbranched alkanes of at least 4 members (excludes halogenated alkanes) is 20. The number of allylic oxidation sites excluding steroid dienone is 8. The lowest BCUT2D eigenvalue weighted by atomic mass is 9.99. The zero-order chi connectivity index (χ0) is 40.9. The smallest absolute Gasteiger partial charge is 0.306 e. The van der Waals surface area contributed by atoms with Crippen LogP contribution >= 0.6 is 0 Å². The monoisotopic (exact) mass is 793 g/mol. The SMILES string of the molecule is CC/C=C/C=C/C=C/C=C/CCCCCCCC(=O)O[C@@H](COC(=O)CCCCCCCCCCCCCCCCCC)CO[C@H]1O[C@@H](CO)[C@@H](O)C(O)C1O. The number of hydrogen-bond donors (Lipinski definition) is 4. The highest BCUT2D eigenvalue weighted by molar-refractivity contribution is 5.70. The molecule has 0 amide bonds. The number of rotatable bonds is 36. The lowest BCUT2D eigenvalue weighted by molar-refractivity contribution is -0.305. The van der Waals surface area contributed by atoms with Crippen LogP contribution in [0.25, 0.3) is 0 Å². The molecule has 324 valence electrons. The maximum Gasteiger partial charge on any atom is 0.306 e. The van der Waals surface area contributed by atoms with E-state index in [4.69, 9.17) is 18.9 Å². The van der Waals surface area contributed by atoms with Gasteiger partial charge in [-0.3, -0.25) is 9.59 Å². The Morgan fingerprint density at radius 1 is 0.571 bits per heavy atom. The first-order valence-corrected chi connectivity index (χ1v) is 22.3. The minimum Gasteiger partial charge on any atom is -0.462 e. The Morgan fingerprint density at radius 2 is 1.05 bits per heavy atom. The highest BCUT2D eigenvalue weighted by atomic mass is 16.7. The second-order valence-corrected chi connectivity index (χ2v) is 15.2. The van der Waals surface area contributed by atoms with Crippen molar-refractivity contribution < 1.29 is 49.0 Å². The molecule has 1 aliphatic rings. The molecule has 10 heteroatoms. The first-order chi connectivity index (χ1) is 27.3. The molecule has 0 bridgehead atoms. The van der Waals surface area contributed by atoms with Crippen LogP contribution in [-0.2, 0) is 28.5 Å². The number of carbonyl (C=O) groups is 2. The van der Waals surface area contributed by atoms with Crippen molar-refractivity contribution in [1.29, 1.82) is 0 Å². The van der Waals surface area contributed by atoms with Gasteiger partial charge in [0, 0.05) is 12.8 Å². The van der Waals surface area contributed by atoms with Crippen LogP contribution in [0.2, 0.25) is 0 Å². The fourth-order valence-electron chi connectivity index (χ4n) is 6.55. The Balaban J connectivity index is 2.34. The van der Waals surface area contributed by atoms with Gasteiger partial charge in [0.15, 0.2) is 12.4 Å². The Morgan fingerprint density at radius 3 is 1.59 bits per heavy atom. The van der Waals surface area contributed by atoms with Gasteiger partial charge in [-0.2, -0.15) is 0 Å². The number of ether oxygens (including phenoxy) is 4. The molecule has 0 radical (unpaired) electrons. The van der Waals surface area contributed by atoms with Gasteiger partial charge < -0.3 is 39.4 Å². The highest BCUT2D eigenvalue weighted by Crippen LogP contribution is 2.23. The van der Waals surface area contributed by atoms with Crippen molar-refractivity contribution in [3.63, 3.8) is 0 Å². The average molecular weight is 793 g/mol. The van der Waals surface area contributed by atoms with Crippen LogP contribution in [0.1, 0.15) is 174 Å². The van der Waals surface area contributed by atoms with E-state index in [0.29, 0.717) is 6.42 Å². The third-order valence-electron chi connectivity index (χ3n) is 10.1. The molecule has 1 saturated heterocycles. The quantitative estimate of drug-likeness (QED) is 0.0275. The molecule has 1 heterocycles. The molecular formula is C46H80O10. The summed E-state index contributed by atoms with van der Waals surface area (Å²) in [5, 5.41) is 40.0. The predicted octanol–water partition coefficient (Wildman–Crippen LogP) is 9.27. The van der Waals surface area contributed by atoms with E-state index in [1.165, 1.54) is 83.5 Å². The average Bonchev–Trinajstić information content (AvgIpc) is 3.19. The lowest BCUT2D eigenvalue weighted by Gasteiger charge is -2.39. The molecule has 6 atom stereocenters. The molecule has 1 aliphatic heterocycles. The fourth-order valence-corrected chi connectivity index (χ4v) is 6.55. The zero-order valence-corrected chi connectivity index (χ0v) is 35.1. The molecule has 0 aromatic heterocycles. The molecule has 0 aliphatic carbocycles. The van der Waals surface area contributed by atoms with Gasteiger partial charge >= 0.3 is 11.9 Å². The van der Waals surface area contributed by atoms with Crippen LogP contribution in [0.4, 0.5) is 0 Å². The first kappa shape index (κ1) is 51.7. The van der Waals surface area contributed by atoms with E-state index < -0.39 is 49.4 Å². The third-order valence-corrected chi connectivity index (χ3v) is 10.1. The van der Waals surface area contributed by atoms with Gasteiger partial charge in [-0.25, -0.2) is 0 Å². The van der Waals surface area contributed by atoms with E-state index in [1.807, 2.05) is 30.4 Å². The van der Waals surface area contributed by atoms with Gasteiger partial charge in [0.05, 0.1) is 13.2 Å². The Hall–Kier alpha value is -2.34. The van der Waals surface area contributed by atoms with Crippen molar-refractivity contribution in [1.82, 2.24) is 0 Å². The number of aliphatic hydroxyl groups is 4. The summed E-state index contributed by atoms with van der Waals surface area (Å²) in [6.07, 6.45) is 35.4. The summed E-state index contributed by atoms with van der Waals surface area (Å²) in [4.78, 5) is 25.3. The van der Waals surface area contributed by atoms with Crippen LogP contribution in [0.5, 0.6) is 0 Å². The largest absolute Gasteiger partial charge is 0.462 e. The van der Waals surface area contributed by atoms with Gasteiger partial charge in [-0.05, 0) is 32.1 Å². The molecule has 0 aromatic carbocycles. The maximum absolute atomic E-state index is 12.7. The predicted molar refractivity (Wildman–Crippen MR) is 224 cm³/mol. The van der Waals surface area contributed by atoms with Gasteiger partial charge in [-0.15, -0.1) is 0 Å². The Bertz CT molecular complexity index is 1050. The van der Waals surface area contributed by atoms with Crippen molar-refractivity contribution in [2.24, 2.45) is 0 Å². The van der Waals surface area contributed by atoms with E-state index in [2.05, 4.69) is 32.1 Å². The highest BCUT2D eigenvalue weighted by Gasteiger charge is 2.44. The third kappa shape index (κ3) is 28.1. The second-order valence-electron chi connectivity index (χ2n) is 15.2. The summed E-state index contributed by atoms with van der Waals surface area (Å²) in [6.45, 7) is 3.26. The van der Waals surface area contributed by atoms with E-state index in [-0.39, 0.29) is 32.0 Å². The topological polar surface area (TPSA) is 152 Å². The van der Waals surface area contributed by atoms with E-state index >= 15 is 0 Å². The van der Waals surface area contributed by atoms with Crippen molar-refractivity contribution in [2.75, 3.05) is 19.8 Å². The van der Waals surface area contributed by atoms with Crippen LogP contribution in [0, 0.1) is 0 Å². The molecule has 10 nitrogen and oxygen atoms in total. The lowest BCUT2D eigenvalue weighted by Crippen LogP contribution is -2.59. The van der Waals surface area contributed by atoms with Crippen LogP contribution in [0.15, 0.2) is 48.6 Å². The molecule has 1 fully saturated rings. The van der Waals surface area contributed by atoms with Gasteiger partial charge in [0.25, 0.3) is 0 Å². The molecule has 56 heavy (non-hydrogen) atoms. The molecule has 2 unspecified atom stereocenters. The minimum absolute atomic E-state index is 0.204. The maximum atomic E-state index is 12.7. The van der Waals surface area contributed by atoms with Crippen LogP contribution in [0.3, 0.4) is 0 Å². The van der Waals surface area contributed by atoms with Crippen LogP contribution in [-0.4, -0.2) is 89.0 Å². The summed E-state index contributed by atoms with van der Waals surface area (Å²) in [5.74, 6) is -0.831. The number of esters is 2. The minimum atomic E-state index is -1.60. The summed E-state index contributed by atoms with van der Waals surface area (Å²) in [7, 11) is 0. The van der Waals surface area contributed by atoms with E-state index in [9.17, 15) is 30.0 Å². The van der Waals surface area contributed by atoms with Crippen molar-refractivity contribution >= 4 is 11.9 Å². The van der Waals surface area contributed by atoms with E-state index in [0.717, 1.165) is 57.8 Å². The zero-order valence-electron chi connectivity index (χ0n) is 35.1. The molecule has 1 rings (SSSR count). The van der Waals surface area contributed by atoms with Crippen LogP contribution < -0.4 is 0 Å². The molecule has 0 aromatic rings. The molecule has 4 N–H and O–H groups in total. The summed E-state index contributed by atoms with van der Waals surface area (Å²) in [5.41, 5.74) is 0. The summed E-state index contributed by atoms with van der Waals surface area (Å²) >= 11 is 0. The van der Waals surface area contributed by atoms with Crippen molar-refractivity contribution in [3.05, 3.63) is 48.6 Å². The standard InChI is InChI=1S/C46H80O10/c1-3-5-7-9-11-13-15-17-19-21-22-24-26-28-30-32-34-41(48)53-37-39(38-54-46-45(52)44(51)43(50)40(36-47)56-46)55-42(49)35-33-31-29-27-25-23-20-18-16-14-12-10-8-6-4-2/h6,8,10,12,14,16,18,20,39-40,43-47,50-52H,3-5,7,9,11,13,15,17,19,21-38H2,1-2H3/b8-6+,12-10+,16-14+,20-18+/t39-,40-,43+,44?,45?,46-/m0/s1. The van der Waals surface area contributed by atoms with Crippen molar-refractivity contribution in [3.8, 4) is 0 Å². The number of aliphatic hydroxyl groups excluding tert-OH is 4. The first-order valence-electron chi connectivity index (χ1n) is 22.3. The van der Waals surface area contributed by atoms with Crippen molar-refractivity contribution in [2.45, 2.75) is 211 Å². The normalized spacial score (nSPS) is 20.9. The fraction of sp³-hybridized carbons (Fsp3) is 0.783.